The molecule has 0 heterocycles. The number of carbonyl (C=O) groups is 1. The molecular weight excluding hydrogens is 250 g/mol. The van der Waals surface area contributed by atoms with Gasteiger partial charge in [-0.1, -0.05) is 43.7 Å². The molecule has 20 heavy (non-hydrogen) atoms. The van der Waals surface area contributed by atoms with Gasteiger partial charge < -0.3 is 10.4 Å². The monoisotopic (exact) mass is 277 g/mol. The quantitative estimate of drug-likeness (QED) is 0.839. The van der Waals surface area contributed by atoms with Crippen LogP contribution in [-0.4, -0.2) is 23.2 Å². The third kappa shape index (κ3) is 5.74. The Balaban J connectivity index is 2.68. The number of hydrogen-bond acceptors (Lipinski definition) is 2. The highest BCUT2D eigenvalue weighted by Gasteiger charge is 2.21. The Bertz CT molecular complexity index is 429. The summed E-state index contributed by atoms with van der Waals surface area (Å²) in [4.78, 5) is 12.0. The van der Waals surface area contributed by atoms with Crippen molar-refractivity contribution >= 4 is 5.91 Å². The summed E-state index contributed by atoms with van der Waals surface area (Å²) in [6.45, 7) is 9.98. The van der Waals surface area contributed by atoms with Crippen LogP contribution in [0.25, 0.3) is 0 Å². The molecular formula is C17H27NO2. The average molecular weight is 277 g/mol. The minimum Gasteiger partial charge on any atom is -0.389 e. The number of rotatable bonds is 6. The molecule has 3 nitrogen and oxygen atoms in total. The fraction of sp³-hybridized carbons (Fsp3) is 0.588. The van der Waals surface area contributed by atoms with Crippen LogP contribution in [-0.2, 0) is 4.79 Å². The Morgan fingerprint density at radius 2 is 1.80 bits per heavy atom. The molecule has 1 unspecified atom stereocenters. The highest BCUT2D eigenvalue weighted by molar-refractivity contribution is 5.77. The van der Waals surface area contributed by atoms with Gasteiger partial charge in [0, 0.05) is 13.0 Å². The summed E-state index contributed by atoms with van der Waals surface area (Å²) in [6.07, 6.45) is 0.455. The Kier molecular flexibility index (Phi) is 5.75. The predicted molar refractivity (Wildman–Crippen MR) is 82.7 cm³/mol. The van der Waals surface area contributed by atoms with Crippen LogP contribution in [0.4, 0.5) is 0 Å². The molecule has 0 aromatic heterocycles. The third-order valence-electron chi connectivity index (χ3n) is 3.43. The van der Waals surface area contributed by atoms with E-state index in [-0.39, 0.29) is 18.4 Å². The predicted octanol–water partition coefficient (Wildman–Crippen LogP) is 3.01. The fourth-order valence-electron chi connectivity index (χ4n) is 2.14. The van der Waals surface area contributed by atoms with Crippen molar-refractivity contribution in [3.63, 3.8) is 0 Å². The first-order valence-corrected chi connectivity index (χ1v) is 7.24. The molecule has 1 atom stereocenters. The second-order valence-electron chi connectivity index (χ2n) is 6.55. The first kappa shape index (κ1) is 16.7. The maximum absolute atomic E-state index is 12.0. The normalized spacial score (nSPS) is 13.3. The molecule has 0 spiro atoms. The topological polar surface area (TPSA) is 49.3 Å². The Labute approximate surface area is 122 Å². The summed E-state index contributed by atoms with van der Waals surface area (Å²) in [5.41, 5.74) is 1.55. The molecule has 0 bridgehead atoms. The SMILES string of the molecule is Cc1ccc(C(CC(=O)NCC(C)(C)O)C(C)C)cc1. The van der Waals surface area contributed by atoms with Crippen molar-refractivity contribution in [1.82, 2.24) is 5.32 Å². The Morgan fingerprint density at radius 3 is 2.25 bits per heavy atom. The Morgan fingerprint density at radius 1 is 1.25 bits per heavy atom. The number of aryl methyl sites for hydroxylation is 1. The summed E-state index contributed by atoms with van der Waals surface area (Å²) in [5.74, 6) is 0.592. The van der Waals surface area contributed by atoms with Crippen LogP contribution in [0.2, 0.25) is 0 Å². The number of nitrogens with one attached hydrogen (secondary N) is 1. The maximum Gasteiger partial charge on any atom is 0.220 e. The molecule has 1 amide bonds. The second-order valence-corrected chi connectivity index (χ2v) is 6.55. The van der Waals surface area contributed by atoms with Crippen molar-refractivity contribution in [3.05, 3.63) is 35.4 Å². The van der Waals surface area contributed by atoms with Crippen molar-refractivity contribution in [3.8, 4) is 0 Å². The van der Waals surface area contributed by atoms with Crippen molar-refractivity contribution in [2.75, 3.05) is 6.54 Å². The van der Waals surface area contributed by atoms with Gasteiger partial charge in [0.05, 0.1) is 5.60 Å². The molecule has 3 heteroatoms. The van der Waals surface area contributed by atoms with Gasteiger partial charge in [-0.3, -0.25) is 4.79 Å². The second kappa shape index (κ2) is 6.89. The molecule has 0 aliphatic heterocycles. The van der Waals surface area contributed by atoms with E-state index in [1.54, 1.807) is 13.8 Å². The molecule has 0 radical (unpaired) electrons. The summed E-state index contributed by atoms with van der Waals surface area (Å²) < 4.78 is 0. The van der Waals surface area contributed by atoms with Crippen molar-refractivity contribution in [2.24, 2.45) is 5.92 Å². The van der Waals surface area contributed by atoms with Gasteiger partial charge in [-0.25, -0.2) is 0 Å². The minimum absolute atomic E-state index is 0.00796. The zero-order valence-corrected chi connectivity index (χ0v) is 13.2. The van der Waals surface area contributed by atoms with Crippen molar-refractivity contribution < 1.29 is 9.90 Å². The first-order valence-electron chi connectivity index (χ1n) is 7.24. The molecule has 1 aromatic carbocycles. The highest BCUT2D eigenvalue weighted by Crippen LogP contribution is 2.28. The van der Waals surface area contributed by atoms with Gasteiger partial charge in [-0.15, -0.1) is 0 Å². The van der Waals surface area contributed by atoms with Gasteiger partial charge in [0.15, 0.2) is 0 Å². The number of hydrogen-bond donors (Lipinski definition) is 2. The molecule has 2 N–H and O–H groups in total. The number of carbonyl (C=O) groups excluding carboxylic acids is 1. The zero-order valence-electron chi connectivity index (χ0n) is 13.2. The third-order valence-corrected chi connectivity index (χ3v) is 3.43. The molecule has 112 valence electrons. The van der Waals surface area contributed by atoms with Gasteiger partial charge in [-0.05, 0) is 38.2 Å². The largest absolute Gasteiger partial charge is 0.389 e. The zero-order chi connectivity index (χ0) is 15.3. The molecule has 0 fully saturated rings. The number of amides is 1. The summed E-state index contributed by atoms with van der Waals surface area (Å²) in [6, 6.07) is 8.37. The maximum atomic E-state index is 12.0. The number of benzene rings is 1. The lowest BCUT2D eigenvalue weighted by Gasteiger charge is -2.23. The van der Waals surface area contributed by atoms with E-state index in [1.165, 1.54) is 11.1 Å². The van der Waals surface area contributed by atoms with Crippen LogP contribution in [0, 0.1) is 12.8 Å². The highest BCUT2D eigenvalue weighted by atomic mass is 16.3. The summed E-state index contributed by atoms with van der Waals surface area (Å²) in [7, 11) is 0. The van der Waals surface area contributed by atoms with Gasteiger partial charge >= 0.3 is 0 Å². The molecule has 0 saturated carbocycles. The van der Waals surface area contributed by atoms with Crippen LogP contribution < -0.4 is 5.32 Å². The van der Waals surface area contributed by atoms with Gasteiger partial charge in [0.2, 0.25) is 5.91 Å². The van der Waals surface area contributed by atoms with Crippen molar-refractivity contribution in [1.29, 1.82) is 0 Å². The van der Waals surface area contributed by atoms with Crippen molar-refractivity contribution in [2.45, 2.75) is 52.6 Å². The van der Waals surface area contributed by atoms with E-state index < -0.39 is 5.60 Å². The van der Waals surface area contributed by atoms with Crippen LogP contribution in [0.5, 0.6) is 0 Å². The van der Waals surface area contributed by atoms with E-state index >= 15 is 0 Å². The van der Waals surface area contributed by atoms with E-state index in [0.29, 0.717) is 12.3 Å². The van der Waals surface area contributed by atoms with E-state index in [4.69, 9.17) is 0 Å². The smallest absolute Gasteiger partial charge is 0.220 e. The Hall–Kier alpha value is -1.35. The summed E-state index contributed by atoms with van der Waals surface area (Å²) in [5, 5.41) is 12.4. The van der Waals surface area contributed by atoms with Gasteiger partial charge in [0.1, 0.15) is 0 Å². The van der Waals surface area contributed by atoms with E-state index in [9.17, 15) is 9.90 Å². The lowest BCUT2D eigenvalue weighted by Crippen LogP contribution is -2.38. The van der Waals surface area contributed by atoms with Gasteiger partial charge in [0.25, 0.3) is 0 Å². The standard InChI is InChI=1S/C17H27NO2/c1-12(2)15(14-8-6-13(3)7-9-14)10-16(19)18-11-17(4,5)20/h6-9,12,15,20H,10-11H2,1-5H3,(H,18,19). The molecule has 1 rings (SSSR count). The lowest BCUT2D eigenvalue weighted by molar-refractivity contribution is -0.122. The van der Waals surface area contributed by atoms with E-state index in [1.807, 2.05) is 0 Å². The molecule has 0 aliphatic rings. The first-order chi connectivity index (χ1) is 9.19. The van der Waals surface area contributed by atoms with Crippen LogP contribution in [0.15, 0.2) is 24.3 Å². The lowest BCUT2D eigenvalue weighted by atomic mass is 9.85. The van der Waals surface area contributed by atoms with E-state index in [2.05, 4.69) is 50.4 Å². The van der Waals surface area contributed by atoms with Crippen LogP contribution in [0.3, 0.4) is 0 Å². The summed E-state index contributed by atoms with van der Waals surface area (Å²) >= 11 is 0. The van der Waals surface area contributed by atoms with Crippen LogP contribution in [0.1, 0.15) is 51.2 Å². The molecule has 1 aromatic rings. The van der Waals surface area contributed by atoms with Gasteiger partial charge in [-0.2, -0.15) is 0 Å². The van der Waals surface area contributed by atoms with E-state index in [0.717, 1.165) is 0 Å². The number of aliphatic hydroxyl groups is 1. The average Bonchev–Trinajstić information content (AvgIpc) is 2.33. The molecule has 0 saturated heterocycles. The fourth-order valence-corrected chi connectivity index (χ4v) is 2.14. The minimum atomic E-state index is -0.868. The molecule has 0 aliphatic carbocycles. The van der Waals surface area contributed by atoms with Crippen LogP contribution >= 0.6 is 0 Å².